The molecule has 0 unspecified atom stereocenters. The second-order valence-electron chi connectivity index (χ2n) is 6.70. The molecule has 3 rings (SSSR count). The van der Waals surface area contributed by atoms with Crippen LogP contribution in [0.4, 0.5) is 11.8 Å². The third-order valence-electron chi connectivity index (χ3n) is 5.13. The number of carboxylic acids is 1. The highest BCUT2D eigenvalue weighted by Gasteiger charge is 2.46. The van der Waals surface area contributed by atoms with Crippen molar-refractivity contribution in [3.05, 3.63) is 11.8 Å². The molecule has 0 aromatic carbocycles. The standard InChI is InChI=1S/C15H23N5O2/c1-10-8-17-14(18-12(10)16)20-5-3-15(4-6-20)7-11(13(21)22)19(2)9-15/h8,11H,3-7,9H2,1-2H3,(H,21,22)(H2,16,17,18)/t11-/m0/s1. The summed E-state index contributed by atoms with van der Waals surface area (Å²) in [6.07, 6.45) is 4.44. The fourth-order valence-corrected chi connectivity index (χ4v) is 3.69. The predicted octanol–water partition coefficient (Wildman–Crippen LogP) is 0.743. The topological polar surface area (TPSA) is 95.6 Å². The summed E-state index contributed by atoms with van der Waals surface area (Å²) in [6.45, 7) is 4.45. The van der Waals surface area contributed by atoms with Crippen molar-refractivity contribution >= 4 is 17.7 Å². The van der Waals surface area contributed by atoms with E-state index in [2.05, 4.69) is 14.9 Å². The lowest BCUT2D eigenvalue weighted by atomic mass is 9.76. The third-order valence-corrected chi connectivity index (χ3v) is 5.13. The van der Waals surface area contributed by atoms with Gasteiger partial charge in [-0.1, -0.05) is 0 Å². The average Bonchev–Trinajstić information content (AvgIpc) is 2.80. The summed E-state index contributed by atoms with van der Waals surface area (Å²) in [5.74, 6) is 0.493. The number of nitrogen functional groups attached to an aromatic ring is 1. The van der Waals surface area contributed by atoms with Gasteiger partial charge in [-0.2, -0.15) is 4.98 Å². The lowest BCUT2D eigenvalue weighted by molar-refractivity contribution is -0.141. The van der Waals surface area contributed by atoms with Crippen molar-refractivity contribution in [3.8, 4) is 0 Å². The van der Waals surface area contributed by atoms with Crippen LogP contribution < -0.4 is 10.6 Å². The Bertz CT molecular complexity index is 583. The molecule has 3 heterocycles. The number of nitrogens with two attached hydrogens (primary N) is 1. The molecule has 2 aliphatic rings. The maximum Gasteiger partial charge on any atom is 0.320 e. The van der Waals surface area contributed by atoms with Gasteiger partial charge >= 0.3 is 5.97 Å². The molecular weight excluding hydrogens is 282 g/mol. The summed E-state index contributed by atoms with van der Waals surface area (Å²) < 4.78 is 0. The number of anilines is 2. The number of hydrogen-bond donors (Lipinski definition) is 2. The molecule has 3 N–H and O–H groups in total. The van der Waals surface area contributed by atoms with Crippen LogP contribution in [0.1, 0.15) is 24.8 Å². The van der Waals surface area contributed by atoms with Gasteiger partial charge < -0.3 is 15.7 Å². The molecule has 22 heavy (non-hydrogen) atoms. The first-order valence-corrected chi connectivity index (χ1v) is 7.67. The third kappa shape index (κ3) is 2.61. The second kappa shape index (κ2) is 5.39. The Morgan fingerprint density at radius 3 is 2.68 bits per heavy atom. The number of hydrogen-bond acceptors (Lipinski definition) is 6. The largest absolute Gasteiger partial charge is 0.480 e. The van der Waals surface area contributed by atoms with E-state index in [1.165, 1.54) is 0 Å². The summed E-state index contributed by atoms with van der Waals surface area (Å²) in [4.78, 5) is 24.1. The number of piperidine rings is 1. The summed E-state index contributed by atoms with van der Waals surface area (Å²) in [5, 5.41) is 9.30. The molecule has 7 nitrogen and oxygen atoms in total. The minimum absolute atomic E-state index is 0.116. The molecule has 2 saturated heterocycles. The molecule has 120 valence electrons. The quantitative estimate of drug-likeness (QED) is 0.832. The first-order chi connectivity index (χ1) is 10.4. The van der Waals surface area contributed by atoms with Crippen molar-refractivity contribution in [1.82, 2.24) is 14.9 Å². The normalized spacial score (nSPS) is 24.8. The van der Waals surface area contributed by atoms with Crippen LogP contribution in [-0.4, -0.2) is 58.7 Å². The van der Waals surface area contributed by atoms with E-state index < -0.39 is 5.97 Å². The van der Waals surface area contributed by atoms with Gasteiger partial charge in [-0.15, -0.1) is 0 Å². The molecular formula is C15H23N5O2. The van der Waals surface area contributed by atoms with Gasteiger partial charge in [-0.3, -0.25) is 9.69 Å². The highest BCUT2D eigenvalue weighted by atomic mass is 16.4. The van der Waals surface area contributed by atoms with Gasteiger partial charge in [0.05, 0.1) is 0 Å². The smallest absolute Gasteiger partial charge is 0.320 e. The van der Waals surface area contributed by atoms with Crippen LogP contribution >= 0.6 is 0 Å². The summed E-state index contributed by atoms with van der Waals surface area (Å²) in [7, 11) is 1.91. The number of nitrogens with zero attached hydrogens (tertiary/aromatic N) is 4. The van der Waals surface area contributed by atoms with Crippen LogP contribution in [0.2, 0.25) is 0 Å². The van der Waals surface area contributed by atoms with Crippen molar-refractivity contribution in [3.63, 3.8) is 0 Å². The number of likely N-dealkylation sites (tertiary alicyclic amines) is 1. The zero-order valence-electron chi connectivity index (χ0n) is 13.1. The van der Waals surface area contributed by atoms with Crippen molar-refractivity contribution in [1.29, 1.82) is 0 Å². The van der Waals surface area contributed by atoms with E-state index in [0.717, 1.165) is 44.5 Å². The molecule has 0 saturated carbocycles. The number of aryl methyl sites for hydroxylation is 1. The van der Waals surface area contributed by atoms with Crippen LogP contribution in [0.15, 0.2) is 6.20 Å². The van der Waals surface area contributed by atoms with Gasteiger partial charge in [-0.25, -0.2) is 4.98 Å². The van der Waals surface area contributed by atoms with E-state index in [9.17, 15) is 9.90 Å². The average molecular weight is 305 g/mol. The summed E-state index contributed by atoms with van der Waals surface area (Å²) >= 11 is 0. The van der Waals surface area contributed by atoms with E-state index in [1.807, 2.05) is 18.9 Å². The molecule has 1 aromatic heterocycles. The van der Waals surface area contributed by atoms with Gasteiger partial charge in [0, 0.05) is 31.4 Å². The van der Waals surface area contributed by atoms with Crippen molar-refractivity contribution in [2.24, 2.45) is 5.41 Å². The summed E-state index contributed by atoms with van der Waals surface area (Å²) in [5.41, 5.74) is 6.87. The monoisotopic (exact) mass is 305 g/mol. The van der Waals surface area contributed by atoms with Gasteiger partial charge in [0.2, 0.25) is 5.95 Å². The van der Waals surface area contributed by atoms with Crippen LogP contribution in [0.3, 0.4) is 0 Å². The Morgan fingerprint density at radius 1 is 1.45 bits per heavy atom. The van der Waals surface area contributed by atoms with E-state index in [-0.39, 0.29) is 11.5 Å². The molecule has 0 radical (unpaired) electrons. The zero-order chi connectivity index (χ0) is 15.9. The van der Waals surface area contributed by atoms with E-state index >= 15 is 0 Å². The Kier molecular flexibility index (Phi) is 3.68. The van der Waals surface area contributed by atoms with E-state index in [0.29, 0.717) is 11.8 Å². The van der Waals surface area contributed by atoms with Crippen LogP contribution in [0.25, 0.3) is 0 Å². The molecule has 7 heteroatoms. The number of aromatic nitrogens is 2. The fraction of sp³-hybridized carbons (Fsp3) is 0.667. The molecule has 0 amide bonds. The Balaban J connectivity index is 1.68. The Morgan fingerprint density at radius 2 is 2.14 bits per heavy atom. The first-order valence-electron chi connectivity index (χ1n) is 7.67. The maximum atomic E-state index is 11.3. The van der Waals surface area contributed by atoms with Crippen molar-refractivity contribution < 1.29 is 9.90 Å². The molecule has 0 bridgehead atoms. The molecule has 1 spiro atoms. The maximum absolute atomic E-state index is 11.3. The van der Waals surface area contributed by atoms with Gasteiger partial charge in [0.25, 0.3) is 0 Å². The minimum atomic E-state index is -0.712. The predicted molar refractivity (Wildman–Crippen MR) is 83.7 cm³/mol. The first kappa shape index (κ1) is 15.0. The van der Waals surface area contributed by atoms with Gasteiger partial charge in [-0.05, 0) is 38.6 Å². The highest BCUT2D eigenvalue weighted by molar-refractivity contribution is 5.74. The Labute approximate surface area is 130 Å². The lowest BCUT2D eigenvalue weighted by Gasteiger charge is -2.39. The van der Waals surface area contributed by atoms with Crippen LogP contribution in [0, 0.1) is 12.3 Å². The lowest BCUT2D eigenvalue weighted by Crippen LogP contribution is -2.42. The molecule has 2 fully saturated rings. The van der Waals surface area contributed by atoms with Crippen molar-refractivity contribution in [2.75, 3.05) is 37.3 Å². The SMILES string of the molecule is Cc1cnc(N2CCC3(CC2)C[C@@H](C(=O)O)N(C)C3)nc1N. The number of likely N-dealkylation sites (N-methyl/N-ethyl adjacent to an activating group) is 1. The van der Waals surface area contributed by atoms with Gasteiger partial charge in [0.15, 0.2) is 0 Å². The minimum Gasteiger partial charge on any atom is -0.480 e. The number of aliphatic carboxylic acids is 1. The number of rotatable bonds is 2. The second-order valence-corrected chi connectivity index (χ2v) is 6.70. The van der Waals surface area contributed by atoms with E-state index in [1.54, 1.807) is 6.20 Å². The van der Waals surface area contributed by atoms with Crippen LogP contribution in [0.5, 0.6) is 0 Å². The molecule has 1 aromatic rings. The molecule has 1 atom stereocenters. The molecule has 2 aliphatic heterocycles. The van der Waals surface area contributed by atoms with E-state index in [4.69, 9.17) is 5.73 Å². The molecule has 0 aliphatic carbocycles. The fourth-order valence-electron chi connectivity index (χ4n) is 3.69. The Hall–Kier alpha value is -1.89. The number of carboxylic acid groups (broad SMARTS) is 1. The van der Waals surface area contributed by atoms with Crippen LogP contribution in [-0.2, 0) is 4.79 Å². The summed E-state index contributed by atoms with van der Waals surface area (Å²) in [6, 6.07) is -0.349. The zero-order valence-corrected chi connectivity index (χ0v) is 13.1. The highest BCUT2D eigenvalue weighted by Crippen LogP contribution is 2.43. The van der Waals surface area contributed by atoms with Gasteiger partial charge in [0.1, 0.15) is 11.9 Å². The number of carbonyl (C=O) groups is 1. The van der Waals surface area contributed by atoms with Crippen molar-refractivity contribution in [2.45, 2.75) is 32.2 Å².